The molecule has 0 radical (unpaired) electrons. The fourth-order valence-corrected chi connectivity index (χ4v) is 7.07. The summed E-state index contributed by atoms with van der Waals surface area (Å²) in [4.78, 5) is 32.9. The first kappa shape index (κ1) is 28.0. The third kappa shape index (κ3) is 5.42. The number of thiophene rings is 1. The second-order valence-electron chi connectivity index (χ2n) is 11.5. The fourth-order valence-electron chi connectivity index (χ4n) is 5.76. The van der Waals surface area contributed by atoms with Crippen LogP contribution in [-0.2, 0) is 24.0 Å². The first-order valence-corrected chi connectivity index (χ1v) is 15.1. The molecule has 0 fully saturated rings. The number of carbonyl (C=O) groups is 2. The van der Waals surface area contributed by atoms with Gasteiger partial charge in [0.05, 0.1) is 29.4 Å². The van der Waals surface area contributed by atoms with Gasteiger partial charge in [0.15, 0.2) is 0 Å². The van der Waals surface area contributed by atoms with Gasteiger partial charge in [0.2, 0.25) is 0 Å². The first-order chi connectivity index (χ1) is 19.2. The zero-order valence-corrected chi connectivity index (χ0v) is 24.9. The van der Waals surface area contributed by atoms with E-state index in [1.807, 2.05) is 30.3 Å². The second kappa shape index (κ2) is 11.5. The van der Waals surface area contributed by atoms with Gasteiger partial charge in [0.25, 0.3) is 5.91 Å². The Morgan fingerprint density at radius 3 is 2.55 bits per heavy atom. The van der Waals surface area contributed by atoms with Crippen molar-refractivity contribution < 1.29 is 14.3 Å². The highest BCUT2D eigenvalue weighted by Crippen LogP contribution is 2.46. The molecule has 1 amide bonds. The van der Waals surface area contributed by atoms with E-state index in [1.165, 1.54) is 28.9 Å². The molecule has 0 unspecified atom stereocenters. The number of rotatable bonds is 8. The number of nitrogens with one attached hydrogen (secondary N) is 1. The van der Waals surface area contributed by atoms with E-state index in [4.69, 9.17) is 9.72 Å². The molecule has 1 N–H and O–H groups in total. The molecule has 40 heavy (non-hydrogen) atoms. The average molecular weight is 555 g/mol. The minimum absolute atomic E-state index is 0.220. The van der Waals surface area contributed by atoms with E-state index in [9.17, 15) is 9.59 Å². The number of carbonyl (C=O) groups excluding carboxylic acids is 2. The minimum Gasteiger partial charge on any atom is -0.465 e. The largest absolute Gasteiger partial charge is 0.465 e. The van der Waals surface area contributed by atoms with Crippen molar-refractivity contribution in [3.63, 3.8) is 0 Å². The molecule has 1 aliphatic carbocycles. The maximum Gasteiger partial charge on any atom is 0.341 e. The van der Waals surface area contributed by atoms with Crippen LogP contribution >= 0.6 is 11.3 Å². The molecule has 2 heterocycles. The summed E-state index contributed by atoms with van der Waals surface area (Å²) in [5, 5.41) is 4.46. The molecule has 1 atom stereocenters. The van der Waals surface area contributed by atoms with Crippen LogP contribution in [0.5, 0.6) is 0 Å². The molecule has 0 spiro atoms. The molecule has 0 bridgehead atoms. The van der Waals surface area contributed by atoms with E-state index in [1.54, 1.807) is 0 Å². The van der Waals surface area contributed by atoms with E-state index in [0.29, 0.717) is 22.0 Å². The summed E-state index contributed by atoms with van der Waals surface area (Å²) < 4.78 is 5.18. The summed E-state index contributed by atoms with van der Waals surface area (Å²) in [6.45, 7) is 9.05. The Kier molecular flexibility index (Phi) is 8.09. The number of esters is 1. The van der Waals surface area contributed by atoms with Gasteiger partial charge in [-0.25, -0.2) is 9.78 Å². The van der Waals surface area contributed by atoms with Crippen LogP contribution in [0.1, 0.15) is 83.7 Å². The van der Waals surface area contributed by atoms with Gasteiger partial charge in [-0.2, -0.15) is 0 Å². The number of amides is 1. The molecular formula is C34H38N2O3S. The van der Waals surface area contributed by atoms with Crippen molar-refractivity contribution in [2.24, 2.45) is 11.3 Å². The van der Waals surface area contributed by atoms with E-state index in [2.05, 4.69) is 57.3 Å². The first-order valence-electron chi connectivity index (χ1n) is 14.3. The summed E-state index contributed by atoms with van der Waals surface area (Å²) in [5.74, 6) is -0.113. The van der Waals surface area contributed by atoms with Crippen molar-refractivity contribution >= 4 is 39.1 Å². The van der Waals surface area contributed by atoms with Crippen LogP contribution in [0.15, 0.2) is 54.6 Å². The van der Waals surface area contributed by atoms with Crippen molar-refractivity contribution in [1.82, 2.24) is 4.98 Å². The second-order valence-corrected chi connectivity index (χ2v) is 12.6. The minimum atomic E-state index is -0.395. The SMILES string of the molecule is CCCc1ccc(-c2cc(C(=O)Nc3sc4c(c3C(=O)OC)CC[C@H](C(C)(C)CC)C4)c3ccccc3n2)cc1. The molecule has 2 aromatic heterocycles. The molecule has 5 nitrogen and oxygen atoms in total. The summed E-state index contributed by atoms with van der Waals surface area (Å²) in [6, 6.07) is 18.0. The number of nitrogens with zero attached hydrogens (tertiary/aromatic N) is 1. The Bertz CT molecular complexity index is 1550. The van der Waals surface area contributed by atoms with Gasteiger partial charge in [-0.3, -0.25) is 4.79 Å². The Labute approximate surface area is 241 Å². The van der Waals surface area contributed by atoms with Gasteiger partial charge in [-0.05, 0) is 60.3 Å². The van der Waals surface area contributed by atoms with Crippen molar-refractivity contribution in [2.45, 2.75) is 66.2 Å². The van der Waals surface area contributed by atoms with E-state index < -0.39 is 5.97 Å². The summed E-state index contributed by atoms with van der Waals surface area (Å²) >= 11 is 1.52. The van der Waals surface area contributed by atoms with E-state index in [-0.39, 0.29) is 11.3 Å². The lowest BCUT2D eigenvalue weighted by atomic mass is 9.69. The predicted molar refractivity (Wildman–Crippen MR) is 164 cm³/mol. The quantitative estimate of drug-likeness (QED) is 0.222. The zero-order valence-electron chi connectivity index (χ0n) is 24.1. The Morgan fingerprint density at radius 2 is 1.85 bits per heavy atom. The molecule has 0 aliphatic heterocycles. The molecule has 6 heteroatoms. The number of hydrogen-bond donors (Lipinski definition) is 1. The number of anilines is 1. The number of benzene rings is 2. The highest BCUT2D eigenvalue weighted by atomic mass is 32.1. The number of ether oxygens (including phenoxy) is 1. The molecular weight excluding hydrogens is 516 g/mol. The van der Waals surface area contributed by atoms with Crippen molar-refractivity contribution in [2.75, 3.05) is 12.4 Å². The molecule has 2 aromatic carbocycles. The van der Waals surface area contributed by atoms with E-state index >= 15 is 0 Å². The third-order valence-electron chi connectivity index (χ3n) is 8.65. The summed E-state index contributed by atoms with van der Waals surface area (Å²) in [7, 11) is 1.40. The van der Waals surface area contributed by atoms with E-state index in [0.717, 1.165) is 66.2 Å². The number of fused-ring (bicyclic) bond motifs is 2. The van der Waals surface area contributed by atoms with Gasteiger partial charge in [0, 0.05) is 15.8 Å². The maximum atomic E-state index is 13.9. The zero-order chi connectivity index (χ0) is 28.4. The smallest absolute Gasteiger partial charge is 0.341 e. The summed E-state index contributed by atoms with van der Waals surface area (Å²) in [5.41, 5.74) is 6.04. The summed E-state index contributed by atoms with van der Waals surface area (Å²) in [6.07, 6.45) is 5.98. The number of pyridine rings is 1. The van der Waals surface area contributed by atoms with Crippen LogP contribution in [0.2, 0.25) is 0 Å². The standard InChI is InChI=1S/C34H38N2O3S/c1-6-10-21-13-15-22(16-14-21)28-20-26(24-11-8-9-12-27(24)35-28)31(37)36-32-30(33(38)39-5)25-18-17-23(19-29(25)40-32)34(3,4)7-2/h8-9,11-16,20,23H,6-7,10,17-19H2,1-5H3,(H,36,37)/t23-/m0/s1. The third-order valence-corrected chi connectivity index (χ3v) is 9.82. The number of methoxy groups -OCH3 is 1. The average Bonchev–Trinajstić information content (AvgIpc) is 3.33. The highest BCUT2D eigenvalue weighted by Gasteiger charge is 2.35. The van der Waals surface area contributed by atoms with Crippen molar-refractivity contribution in [3.05, 3.63) is 81.7 Å². The highest BCUT2D eigenvalue weighted by molar-refractivity contribution is 7.17. The van der Waals surface area contributed by atoms with Crippen LogP contribution < -0.4 is 5.32 Å². The number of para-hydroxylation sites is 1. The molecule has 5 rings (SSSR count). The van der Waals surface area contributed by atoms with Crippen molar-refractivity contribution in [3.8, 4) is 11.3 Å². The van der Waals surface area contributed by atoms with Gasteiger partial charge < -0.3 is 10.1 Å². The number of aryl methyl sites for hydroxylation is 1. The Hall–Kier alpha value is -3.51. The van der Waals surface area contributed by atoms with Gasteiger partial charge in [0.1, 0.15) is 5.00 Å². The maximum absolute atomic E-state index is 13.9. The lowest BCUT2D eigenvalue weighted by Gasteiger charge is -2.36. The monoisotopic (exact) mass is 554 g/mol. The lowest BCUT2D eigenvalue weighted by molar-refractivity contribution is 0.0600. The van der Waals surface area contributed by atoms with Gasteiger partial charge >= 0.3 is 5.97 Å². The Balaban J connectivity index is 1.52. The number of aromatic nitrogens is 1. The molecule has 0 saturated carbocycles. The van der Waals surface area contributed by atoms with Crippen LogP contribution in [0.25, 0.3) is 22.2 Å². The van der Waals surface area contributed by atoms with Crippen LogP contribution in [-0.4, -0.2) is 24.0 Å². The Morgan fingerprint density at radius 1 is 1.10 bits per heavy atom. The molecule has 0 saturated heterocycles. The van der Waals surface area contributed by atoms with Crippen LogP contribution in [0, 0.1) is 11.3 Å². The fraction of sp³-hybridized carbons (Fsp3) is 0.382. The number of hydrogen-bond acceptors (Lipinski definition) is 5. The lowest BCUT2D eigenvalue weighted by Crippen LogP contribution is -2.28. The van der Waals surface area contributed by atoms with Crippen molar-refractivity contribution in [1.29, 1.82) is 0 Å². The van der Waals surface area contributed by atoms with Crippen LogP contribution in [0.4, 0.5) is 5.00 Å². The van der Waals surface area contributed by atoms with Crippen LogP contribution in [0.3, 0.4) is 0 Å². The van der Waals surface area contributed by atoms with Gasteiger partial charge in [-0.1, -0.05) is 83.0 Å². The molecule has 4 aromatic rings. The predicted octanol–water partition coefficient (Wildman–Crippen LogP) is 8.50. The topological polar surface area (TPSA) is 68.3 Å². The normalized spacial score (nSPS) is 15.1. The van der Waals surface area contributed by atoms with Gasteiger partial charge in [-0.15, -0.1) is 11.3 Å². The molecule has 208 valence electrons. The molecule has 1 aliphatic rings.